The van der Waals surface area contributed by atoms with Gasteiger partial charge in [0, 0.05) is 24.0 Å². The first-order valence-corrected chi connectivity index (χ1v) is 10.4. The molecule has 1 aromatic rings. The van der Waals surface area contributed by atoms with E-state index in [-0.39, 0.29) is 12.6 Å². The maximum atomic E-state index is 11.8. The van der Waals surface area contributed by atoms with Crippen molar-refractivity contribution in [1.82, 2.24) is 16.0 Å². The Morgan fingerprint density at radius 2 is 2.11 bits per heavy atom. The number of guanidine groups is 1. The fourth-order valence-electron chi connectivity index (χ4n) is 2.56. The summed E-state index contributed by atoms with van der Waals surface area (Å²) in [4.78, 5) is 17.1. The number of carbonyl (C=O) groups excluding carboxylic acids is 1. The van der Waals surface area contributed by atoms with Crippen LogP contribution in [-0.2, 0) is 10.3 Å². The second kappa shape index (κ2) is 11.8. The van der Waals surface area contributed by atoms with Crippen molar-refractivity contribution in [2.75, 3.05) is 26.2 Å². The van der Waals surface area contributed by atoms with E-state index in [4.69, 9.17) is 4.74 Å². The Bertz CT molecular complexity index is 574. The third-order valence-corrected chi connectivity index (χ3v) is 4.93. The second-order valence-corrected chi connectivity index (χ2v) is 7.97. The summed E-state index contributed by atoms with van der Waals surface area (Å²) in [6.07, 6.45) is 0.408. The number of ether oxygens (including phenoxy) is 1. The molecule has 0 saturated heterocycles. The number of alkyl carbamates (subject to hydrolysis) is 1. The Morgan fingerprint density at radius 1 is 1.37 bits per heavy atom. The maximum absolute atomic E-state index is 11.8. The lowest BCUT2D eigenvalue weighted by atomic mass is 10.0. The molecule has 0 aromatic carbocycles. The van der Waals surface area contributed by atoms with Gasteiger partial charge in [-0.15, -0.1) is 11.3 Å². The zero-order valence-corrected chi connectivity index (χ0v) is 17.9. The maximum Gasteiger partial charge on any atom is 0.407 e. The molecule has 0 aliphatic carbocycles. The zero-order chi connectivity index (χ0) is 20.3. The van der Waals surface area contributed by atoms with Crippen molar-refractivity contribution in [2.24, 2.45) is 10.9 Å². The van der Waals surface area contributed by atoms with Crippen LogP contribution in [0.2, 0.25) is 0 Å². The molecule has 0 spiro atoms. The lowest BCUT2D eigenvalue weighted by Crippen LogP contribution is -2.48. The molecular weight excluding hydrogens is 364 g/mol. The van der Waals surface area contributed by atoms with Crippen LogP contribution in [0.1, 0.15) is 45.9 Å². The van der Waals surface area contributed by atoms with Gasteiger partial charge in [-0.1, -0.05) is 19.9 Å². The zero-order valence-electron chi connectivity index (χ0n) is 17.0. The minimum atomic E-state index is -1.02. The molecule has 4 N–H and O–H groups in total. The van der Waals surface area contributed by atoms with Crippen LogP contribution in [-0.4, -0.2) is 49.4 Å². The van der Waals surface area contributed by atoms with E-state index < -0.39 is 11.7 Å². The van der Waals surface area contributed by atoms with E-state index in [0.717, 1.165) is 11.3 Å². The van der Waals surface area contributed by atoms with Gasteiger partial charge < -0.3 is 25.8 Å². The Labute approximate surface area is 166 Å². The topological polar surface area (TPSA) is 95.0 Å². The van der Waals surface area contributed by atoms with Crippen molar-refractivity contribution < 1.29 is 14.6 Å². The van der Waals surface area contributed by atoms with Crippen molar-refractivity contribution in [3.05, 3.63) is 22.4 Å². The van der Waals surface area contributed by atoms with Crippen molar-refractivity contribution in [2.45, 2.75) is 52.7 Å². The molecular formula is C19H34N4O3S. The highest BCUT2D eigenvalue weighted by Gasteiger charge is 2.24. The first kappa shape index (κ1) is 23.2. The van der Waals surface area contributed by atoms with Gasteiger partial charge in [-0.3, -0.25) is 0 Å². The van der Waals surface area contributed by atoms with Crippen molar-refractivity contribution >= 4 is 23.4 Å². The summed E-state index contributed by atoms with van der Waals surface area (Å²) in [7, 11) is 0. The predicted molar refractivity (Wildman–Crippen MR) is 111 cm³/mol. The highest BCUT2D eigenvalue weighted by molar-refractivity contribution is 7.10. The Balaban J connectivity index is 2.70. The third-order valence-electron chi connectivity index (χ3n) is 3.81. The van der Waals surface area contributed by atoms with Gasteiger partial charge in [0.25, 0.3) is 0 Å². The van der Waals surface area contributed by atoms with Crippen LogP contribution in [0.25, 0.3) is 0 Å². The number of hydrogen-bond donors (Lipinski definition) is 4. The summed E-state index contributed by atoms with van der Waals surface area (Å²) in [5, 5.41) is 21.9. The largest absolute Gasteiger partial charge is 0.450 e. The van der Waals surface area contributed by atoms with Gasteiger partial charge in [-0.05, 0) is 44.6 Å². The number of aliphatic imine (C=N–C) groups is 1. The molecule has 0 saturated carbocycles. The normalized spacial score (nSPS) is 15.1. The molecule has 27 heavy (non-hydrogen) atoms. The van der Waals surface area contributed by atoms with Crippen molar-refractivity contribution in [3.63, 3.8) is 0 Å². The van der Waals surface area contributed by atoms with Gasteiger partial charge in [-0.2, -0.15) is 0 Å². The van der Waals surface area contributed by atoms with E-state index in [1.54, 1.807) is 13.8 Å². The van der Waals surface area contributed by atoms with Crippen molar-refractivity contribution in [3.8, 4) is 0 Å². The van der Waals surface area contributed by atoms with Crippen LogP contribution in [0.15, 0.2) is 22.5 Å². The number of aliphatic hydroxyl groups is 1. The quantitative estimate of drug-likeness (QED) is 0.359. The molecule has 0 aliphatic heterocycles. The molecule has 0 aliphatic rings. The molecule has 7 nitrogen and oxygen atoms in total. The molecule has 1 amide bonds. The molecule has 2 unspecified atom stereocenters. The number of nitrogens with zero attached hydrogens (tertiary/aromatic N) is 1. The molecule has 8 heteroatoms. The fourth-order valence-corrected chi connectivity index (χ4v) is 3.34. The number of thiophene rings is 1. The molecule has 0 fully saturated rings. The monoisotopic (exact) mass is 398 g/mol. The molecule has 1 heterocycles. The summed E-state index contributed by atoms with van der Waals surface area (Å²) >= 11 is 1.51. The van der Waals surface area contributed by atoms with Gasteiger partial charge >= 0.3 is 6.09 Å². The van der Waals surface area contributed by atoms with Crippen LogP contribution >= 0.6 is 11.3 Å². The average Bonchev–Trinajstić information content (AvgIpc) is 3.12. The third kappa shape index (κ3) is 9.10. The fraction of sp³-hybridized carbons (Fsp3) is 0.684. The summed E-state index contributed by atoms with van der Waals surface area (Å²) in [5.41, 5.74) is -1.02. The molecule has 154 valence electrons. The van der Waals surface area contributed by atoms with Crippen LogP contribution in [0, 0.1) is 5.92 Å². The minimum absolute atomic E-state index is 0.0780. The van der Waals surface area contributed by atoms with E-state index in [1.165, 1.54) is 11.3 Å². The van der Waals surface area contributed by atoms with Gasteiger partial charge in [0.1, 0.15) is 5.60 Å². The number of nitrogens with one attached hydrogen (secondary N) is 3. The Hall–Kier alpha value is -1.80. The van der Waals surface area contributed by atoms with E-state index in [9.17, 15) is 9.90 Å². The molecule has 2 atom stereocenters. The van der Waals surface area contributed by atoms with Gasteiger partial charge in [0.15, 0.2) is 5.96 Å². The number of carbonyl (C=O) groups is 1. The van der Waals surface area contributed by atoms with Gasteiger partial charge in [-0.25, -0.2) is 9.79 Å². The summed E-state index contributed by atoms with van der Waals surface area (Å²) in [5.74, 6) is 1.03. The van der Waals surface area contributed by atoms with Gasteiger partial charge in [0.05, 0.1) is 13.2 Å². The van der Waals surface area contributed by atoms with Crippen LogP contribution in [0.3, 0.4) is 0 Å². The second-order valence-electron chi connectivity index (χ2n) is 7.02. The lowest BCUT2D eigenvalue weighted by Gasteiger charge is -2.23. The SMILES string of the molecule is CCNC(=NCC(C)(O)c1cccs1)NCC(CC(C)C)NC(=O)OCC. The summed E-state index contributed by atoms with van der Waals surface area (Å²) < 4.78 is 4.99. The van der Waals surface area contributed by atoms with Crippen LogP contribution < -0.4 is 16.0 Å². The molecule has 1 rings (SSSR count). The van der Waals surface area contributed by atoms with E-state index >= 15 is 0 Å². The number of amides is 1. The highest BCUT2D eigenvalue weighted by Crippen LogP contribution is 2.25. The van der Waals surface area contributed by atoms with Crippen LogP contribution in [0.4, 0.5) is 4.79 Å². The van der Waals surface area contributed by atoms with E-state index in [1.807, 2.05) is 24.4 Å². The summed E-state index contributed by atoms with van der Waals surface area (Å²) in [6, 6.07) is 3.74. The van der Waals surface area contributed by atoms with Gasteiger partial charge in [0.2, 0.25) is 0 Å². The standard InChI is InChI=1S/C19H34N4O3S/c1-6-20-17(22-13-19(5,25)16-9-8-10-27-16)21-12-15(11-14(3)4)23-18(24)26-7-2/h8-10,14-15,25H,6-7,11-13H2,1-5H3,(H,23,24)(H2,20,21,22). The first-order valence-electron chi connectivity index (χ1n) is 9.50. The minimum Gasteiger partial charge on any atom is -0.450 e. The molecule has 0 bridgehead atoms. The van der Waals surface area contributed by atoms with Crippen molar-refractivity contribution in [1.29, 1.82) is 0 Å². The van der Waals surface area contributed by atoms with Crippen LogP contribution in [0.5, 0.6) is 0 Å². The lowest BCUT2D eigenvalue weighted by molar-refractivity contribution is 0.0711. The Morgan fingerprint density at radius 3 is 2.67 bits per heavy atom. The predicted octanol–water partition coefficient (Wildman–Crippen LogP) is 2.67. The smallest absolute Gasteiger partial charge is 0.407 e. The molecule has 0 radical (unpaired) electrons. The van der Waals surface area contributed by atoms with E-state index in [0.29, 0.717) is 31.6 Å². The number of hydrogen-bond acceptors (Lipinski definition) is 5. The average molecular weight is 399 g/mol. The Kier molecular flexibility index (Phi) is 10.2. The van der Waals surface area contributed by atoms with E-state index in [2.05, 4.69) is 34.8 Å². The highest BCUT2D eigenvalue weighted by atomic mass is 32.1. The molecule has 1 aromatic heterocycles. The first-order chi connectivity index (χ1) is 12.8. The number of rotatable bonds is 10. The summed E-state index contributed by atoms with van der Waals surface area (Å²) in [6.45, 7) is 11.5.